The SMILES string of the molecule is CCNCCNC(=O)c1sccc1-c1ccc(C)cc1.Cl. The summed E-state index contributed by atoms with van der Waals surface area (Å²) in [6, 6.07) is 10.3. The smallest absolute Gasteiger partial charge is 0.262 e. The molecule has 114 valence electrons. The fourth-order valence-electron chi connectivity index (χ4n) is 1.97. The molecule has 3 nitrogen and oxygen atoms in total. The maximum atomic E-state index is 12.2. The summed E-state index contributed by atoms with van der Waals surface area (Å²) >= 11 is 1.49. The van der Waals surface area contributed by atoms with Gasteiger partial charge in [-0.15, -0.1) is 23.7 Å². The largest absolute Gasteiger partial charge is 0.350 e. The van der Waals surface area contributed by atoms with Gasteiger partial charge in [0.1, 0.15) is 0 Å². The predicted molar refractivity (Wildman–Crippen MR) is 92.6 cm³/mol. The van der Waals surface area contributed by atoms with Gasteiger partial charge >= 0.3 is 0 Å². The number of hydrogen-bond acceptors (Lipinski definition) is 3. The molecule has 0 atom stereocenters. The molecule has 1 amide bonds. The molecule has 1 aromatic heterocycles. The molecule has 0 spiro atoms. The maximum absolute atomic E-state index is 12.2. The minimum atomic E-state index is 0. The first-order chi connectivity index (χ1) is 9.72. The van der Waals surface area contributed by atoms with Crippen LogP contribution in [0.3, 0.4) is 0 Å². The van der Waals surface area contributed by atoms with Gasteiger partial charge < -0.3 is 10.6 Å². The molecule has 2 N–H and O–H groups in total. The van der Waals surface area contributed by atoms with Gasteiger partial charge in [0.15, 0.2) is 0 Å². The van der Waals surface area contributed by atoms with Crippen LogP contribution in [0.15, 0.2) is 35.7 Å². The second kappa shape index (κ2) is 8.82. The quantitative estimate of drug-likeness (QED) is 0.799. The minimum Gasteiger partial charge on any atom is -0.350 e. The zero-order chi connectivity index (χ0) is 14.4. The summed E-state index contributed by atoms with van der Waals surface area (Å²) in [6.45, 7) is 6.48. The first kappa shape index (κ1) is 17.7. The van der Waals surface area contributed by atoms with Gasteiger partial charge in [0.05, 0.1) is 4.88 Å². The number of thiophene rings is 1. The zero-order valence-corrected chi connectivity index (χ0v) is 13.9. The summed E-state index contributed by atoms with van der Waals surface area (Å²) in [5, 5.41) is 8.11. The fourth-order valence-corrected chi connectivity index (χ4v) is 2.80. The Hall–Kier alpha value is -1.36. The molecule has 1 aromatic carbocycles. The lowest BCUT2D eigenvalue weighted by Gasteiger charge is -2.07. The van der Waals surface area contributed by atoms with Crippen molar-refractivity contribution in [1.29, 1.82) is 0 Å². The number of halogens is 1. The third-order valence-corrected chi connectivity index (χ3v) is 3.98. The van der Waals surface area contributed by atoms with Gasteiger partial charge in [0.2, 0.25) is 0 Å². The Morgan fingerprint density at radius 3 is 2.52 bits per heavy atom. The van der Waals surface area contributed by atoms with Crippen LogP contribution in [0.2, 0.25) is 0 Å². The fraction of sp³-hybridized carbons (Fsp3) is 0.312. The highest BCUT2D eigenvalue weighted by atomic mass is 35.5. The van der Waals surface area contributed by atoms with Crippen molar-refractivity contribution in [3.63, 3.8) is 0 Å². The van der Waals surface area contributed by atoms with Crippen LogP contribution in [0.4, 0.5) is 0 Å². The summed E-state index contributed by atoms with van der Waals surface area (Å²) in [4.78, 5) is 13.0. The molecule has 1 heterocycles. The average molecular weight is 325 g/mol. The normalized spacial score (nSPS) is 10.0. The molecular formula is C16H21ClN2OS. The molecule has 0 saturated heterocycles. The molecule has 0 unspecified atom stereocenters. The van der Waals surface area contributed by atoms with Crippen LogP contribution in [0.1, 0.15) is 22.2 Å². The Bertz CT molecular complexity index is 566. The van der Waals surface area contributed by atoms with Crippen molar-refractivity contribution < 1.29 is 4.79 Å². The molecule has 0 saturated carbocycles. The van der Waals surface area contributed by atoms with Crippen molar-refractivity contribution in [2.45, 2.75) is 13.8 Å². The van der Waals surface area contributed by atoms with Crippen LogP contribution in [-0.4, -0.2) is 25.5 Å². The van der Waals surface area contributed by atoms with E-state index in [0.29, 0.717) is 6.54 Å². The monoisotopic (exact) mass is 324 g/mol. The molecule has 0 fully saturated rings. The summed E-state index contributed by atoms with van der Waals surface area (Å²) < 4.78 is 0. The Morgan fingerprint density at radius 2 is 1.86 bits per heavy atom. The van der Waals surface area contributed by atoms with E-state index < -0.39 is 0 Å². The predicted octanol–water partition coefficient (Wildman–Crippen LogP) is 3.48. The highest BCUT2D eigenvalue weighted by molar-refractivity contribution is 7.12. The number of nitrogens with one attached hydrogen (secondary N) is 2. The lowest BCUT2D eigenvalue weighted by atomic mass is 10.0. The first-order valence-electron chi connectivity index (χ1n) is 6.86. The Morgan fingerprint density at radius 1 is 1.14 bits per heavy atom. The van der Waals surface area contributed by atoms with Gasteiger partial charge in [-0.1, -0.05) is 36.8 Å². The van der Waals surface area contributed by atoms with Crippen LogP contribution in [0.25, 0.3) is 11.1 Å². The van der Waals surface area contributed by atoms with Gasteiger partial charge in [-0.25, -0.2) is 0 Å². The Balaban J connectivity index is 0.00000220. The van der Waals surface area contributed by atoms with Crippen molar-refractivity contribution in [1.82, 2.24) is 10.6 Å². The van der Waals surface area contributed by atoms with Gasteiger partial charge in [0.25, 0.3) is 5.91 Å². The maximum Gasteiger partial charge on any atom is 0.262 e. The van der Waals surface area contributed by atoms with E-state index in [0.717, 1.165) is 29.1 Å². The van der Waals surface area contributed by atoms with Gasteiger partial charge in [-0.2, -0.15) is 0 Å². The number of amides is 1. The molecule has 2 aromatic rings. The number of likely N-dealkylation sites (N-methyl/N-ethyl adjacent to an activating group) is 1. The van der Waals surface area contributed by atoms with Crippen molar-refractivity contribution in [2.24, 2.45) is 0 Å². The van der Waals surface area contributed by atoms with Gasteiger partial charge in [-0.3, -0.25) is 4.79 Å². The summed E-state index contributed by atoms with van der Waals surface area (Å²) in [7, 11) is 0. The molecule has 0 bridgehead atoms. The van der Waals surface area contributed by atoms with E-state index in [1.807, 2.05) is 11.4 Å². The molecule has 0 aliphatic rings. The molecule has 0 aliphatic carbocycles. The molecule has 0 aliphatic heterocycles. The second-order valence-corrected chi connectivity index (χ2v) is 5.55. The number of hydrogen-bond donors (Lipinski definition) is 2. The number of carbonyl (C=O) groups is 1. The van der Waals surface area contributed by atoms with E-state index in [9.17, 15) is 4.79 Å². The number of benzene rings is 1. The van der Waals surface area contributed by atoms with E-state index in [-0.39, 0.29) is 18.3 Å². The molecule has 2 rings (SSSR count). The highest BCUT2D eigenvalue weighted by Crippen LogP contribution is 2.28. The van der Waals surface area contributed by atoms with Crippen molar-refractivity contribution in [3.05, 3.63) is 46.2 Å². The van der Waals surface area contributed by atoms with Crippen molar-refractivity contribution >= 4 is 29.7 Å². The number of carbonyl (C=O) groups excluding carboxylic acids is 1. The van der Waals surface area contributed by atoms with E-state index in [2.05, 4.69) is 48.7 Å². The molecule has 21 heavy (non-hydrogen) atoms. The Labute approximate surface area is 136 Å². The summed E-state index contributed by atoms with van der Waals surface area (Å²) in [5.41, 5.74) is 3.32. The first-order valence-corrected chi connectivity index (χ1v) is 7.73. The summed E-state index contributed by atoms with van der Waals surface area (Å²) in [5.74, 6) is 0.00785. The van der Waals surface area contributed by atoms with Crippen LogP contribution < -0.4 is 10.6 Å². The van der Waals surface area contributed by atoms with Crippen LogP contribution in [0.5, 0.6) is 0 Å². The average Bonchev–Trinajstić information content (AvgIpc) is 2.93. The Kier molecular flexibility index (Phi) is 7.43. The molecular weight excluding hydrogens is 304 g/mol. The standard InChI is InChI=1S/C16H20N2OS.ClH/c1-3-17-9-10-18-16(19)15-14(8-11-20-15)13-6-4-12(2)5-7-13;/h4-8,11,17H,3,9-10H2,1-2H3,(H,18,19);1H. The van der Waals surface area contributed by atoms with Crippen molar-refractivity contribution in [2.75, 3.05) is 19.6 Å². The topological polar surface area (TPSA) is 41.1 Å². The third-order valence-electron chi connectivity index (χ3n) is 3.07. The van der Waals surface area contributed by atoms with E-state index in [1.165, 1.54) is 16.9 Å². The van der Waals surface area contributed by atoms with Crippen LogP contribution >= 0.6 is 23.7 Å². The van der Waals surface area contributed by atoms with E-state index in [1.54, 1.807) is 0 Å². The van der Waals surface area contributed by atoms with Crippen LogP contribution in [-0.2, 0) is 0 Å². The number of rotatable bonds is 6. The lowest BCUT2D eigenvalue weighted by molar-refractivity contribution is 0.0958. The summed E-state index contributed by atoms with van der Waals surface area (Å²) in [6.07, 6.45) is 0. The zero-order valence-electron chi connectivity index (χ0n) is 12.3. The molecule has 5 heteroatoms. The van der Waals surface area contributed by atoms with E-state index >= 15 is 0 Å². The van der Waals surface area contributed by atoms with E-state index in [4.69, 9.17) is 0 Å². The number of aryl methyl sites for hydroxylation is 1. The van der Waals surface area contributed by atoms with Gasteiger partial charge in [0, 0.05) is 18.7 Å². The third kappa shape index (κ3) is 4.84. The van der Waals surface area contributed by atoms with Crippen molar-refractivity contribution in [3.8, 4) is 11.1 Å². The minimum absolute atomic E-state index is 0. The van der Waals surface area contributed by atoms with Crippen LogP contribution in [0, 0.1) is 6.92 Å². The highest BCUT2D eigenvalue weighted by Gasteiger charge is 2.13. The second-order valence-electron chi connectivity index (χ2n) is 4.64. The molecule has 0 radical (unpaired) electrons. The van der Waals surface area contributed by atoms with Gasteiger partial charge in [-0.05, 0) is 30.5 Å². The lowest BCUT2D eigenvalue weighted by Crippen LogP contribution is -2.31.